The summed E-state index contributed by atoms with van der Waals surface area (Å²) in [5, 5.41) is 6.72. The molecule has 4 nitrogen and oxygen atoms in total. The molecule has 1 rings (SSSR count). The summed E-state index contributed by atoms with van der Waals surface area (Å²) in [4.78, 5) is 11.2. The summed E-state index contributed by atoms with van der Waals surface area (Å²) < 4.78 is 1.61. The van der Waals surface area contributed by atoms with Crippen LogP contribution in [0.3, 0.4) is 0 Å². The number of hydrogen-bond donors (Lipinski definition) is 1. The minimum Gasteiger partial charge on any atom is -0.351 e. The molecule has 1 N–H and O–H groups in total. The van der Waals surface area contributed by atoms with Crippen molar-refractivity contribution in [2.24, 2.45) is 7.05 Å². The molecule has 0 spiro atoms. The molecule has 0 bridgehead atoms. The van der Waals surface area contributed by atoms with Gasteiger partial charge in [-0.3, -0.25) is 9.48 Å². The maximum atomic E-state index is 11.2. The molecule has 0 fully saturated rings. The van der Waals surface area contributed by atoms with Gasteiger partial charge in [-0.25, -0.2) is 0 Å². The number of aromatic nitrogens is 2. The highest BCUT2D eigenvalue weighted by Gasteiger charge is 2.05. The van der Waals surface area contributed by atoms with Gasteiger partial charge in [0.25, 0.3) is 5.91 Å². The lowest BCUT2D eigenvalue weighted by Crippen LogP contribution is -2.24. The number of amides is 1. The largest absolute Gasteiger partial charge is 0.351 e. The van der Waals surface area contributed by atoms with Crippen molar-refractivity contribution in [3.05, 3.63) is 18.0 Å². The van der Waals surface area contributed by atoms with Gasteiger partial charge >= 0.3 is 0 Å². The molecule has 1 heterocycles. The lowest BCUT2D eigenvalue weighted by atomic mass is 10.4. The van der Waals surface area contributed by atoms with Crippen LogP contribution < -0.4 is 5.32 Å². The van der Waals surface area contributed by atoms with Crippen LogP contribution in [0.1, 0.15) is 23.8 Å². The van der Waals surface area contributed by atoms with Gasteiger partial charge in [-0.15, -0.1) is 0 Å². The molecular formula is C8H13N3O. The lowest BCUT2D eigenvalue weighted by molar-refractivity contribution is 0.0948. The Balaban J connectivity index is 2.53. The van der Waals surface area contributed by atoms with Crippen LogP contribution in [0.25, 0.3) is 0 Å². The topological polar surface area (TPSA) is 46.9 Å². The Morgan fingerprint density at radius 2 is 2.50 bits per heavy atom. The monoisotopic (exact) mass is 167 g/mol. The molecule has 0 atom stereocenters. The summed E-state index contributed by atoms with van der Waals surface area (Å²) in [7, 11) is 1.79. The molecule has 0 saturated carbocycles. The predicted octanol–water partition coefficient (Wildman–Crippen LogP) is 0.560. The first-order valence-corrected chi connectivity index (χ1v) is 4.02. The van der Waals surface area contributed by atoms with E-state index in [0.29, 0.717) is 12.2 Å². The minimum atomic E-state index is -0.0996. The second kappa shape index (κ2) is 3.90. The fraction of sp³-hybridized carbons (Fsp3) is 0.500. The molecule has 66 valence electrons. The number of carbonyl (C=O) groups is 1. The molecule has 0 saturated heterocycles. The summed E-state index contributed by atoms with van der Waals surface area (Å²) in [6.45, 7) is 2.72. The van der Waals surface area contributed by atoms with Gasteiger partial charge in [0.2, 0.25) is 0 Å². The Labute approximate surface area is 71.6 Å². The summed E-state index contributed by atoms with van der Waals surface area (Å²) >= 11 is 0. The molecule has 0 aliphatic heterocycles. The van der Waals surface area contributed by atoms with Crippen molar-refractivity contribution in [1.82, 2.24) is 15.1 Å². The van der Waals surface area contributed by atoms with Crippen molar-refractivity contribution < 1.29 is 4.79 Å². The standard InChI is InChI=1S/C8H13N3O/c1-3-5-9-8(12)7-4-6-11(2)10-7/h4,6H,3,5H2,1-2H3,(H,9,12). The number of nitrogens with zero attached hydrogens (tertiary/aromatic N) is 2. The number of rotatable bonds is 3. The molecular weight excluding hydrogens is 154 g/mol. The molecule has 0 aromatic carbocycles. The van der Waals surface area contributed by atoms with Crippen LogP contribution in [-0.2, 0) is 7.05 Å². The van der Waals surface area contributed by atoms with Crippen molar-refractivity contribution in [3.63, 3.8) is 0 Å². The molecule has 0 unspecified atom stereocenters. The van der Waals surface area contributed by atoms with Crippen LogP contribution in [0.15, 0.2) is 12.3 Å². The lowest BCUT2D eigenvalue weighted by Gasteiger charge is -1.98. The SMILES string of the molecule is CCCNC(=O)c1ccn(C)n1. The zero-order valence-electron chi connectivity index (χ0n) is 7.37. The van der Waals surface area contributed by atoms with Crippen LogP contribution in [-0.4, -0.2) is 22.2 Å². The van der Waals surface area contributed by atoms with Crippen molar-refractivity contribution in [3.8, 4) is 0 Å². The van der Waals surface area contributed by atoms with Gasteiger partial charge in [0, 0.05) is 19.8 Å². The number of aryl methyl sites for hydroxylation is 1. The second-order valence-corrected chi connectivity index (χ2v) is 2.63. The van der Waals surface area contributed by atoms with Gasteiger partial charge in [0.05, 0.1) is 0 Å². The number of nitrogens with one attached hydrogen (secondary N) is 1. The summed E-state index contributed by atoms with van der Waals surface area (Å²) in [6, 6.07) is 1.70. The third kappa shape index (κ3) is 2.08. The summed E-state index contributed by atoms with van der Waals surface area (Å²) in [6.07, 6.45) is 2.69. The van der Waals surface area contributed by atoms with Crippen molar-refractivity contribution in [1.29, 1.82) is 0 Å². The first-order chi connectivity index (χ1) is 5.74. The first kappa shape index (κ1) is 8.77. The van der Waals surface area contributed by atoms with E-state index in [-0.39, 0.29) is 5.91 Å². The van der Waals surface area contributed by atoms with Crippen molar-refractivity contribution >= 4 is 5.91 Å². The third-order valence-electron chi connectivity index (χ3n) is 1.48. The van der Waals surface area contributed by atoms with Crippen LogP contribution >= 0.6 is 0 Å². The molecule has 1 aromatic rings. The quantitative estimate of drug-likeness (QED) is 0.715. The normalized spacial score (nSPS) is 9.83. The fourth-order valence-corrected chi connectivity index (χ4v) is 0.865. The molecule has 0 aliphatic carbocycles. The fourth-order valence-electron chi connectivity index (χ4n) is 0.865. The molecule has 1 amide bonds. The van der Waals surface area contributed by atoms with Crippen LogP contribution in [0.2, 0.25) is 0 Å². The van der Waals surface area contributed by atoms with E-state index >= 15 is 0 Å². The Bertz CT molecular complexity index is 267. The Morgan fingerprint density at radius 1 is 1.75 bits per heavy atom. The maximum Gasteiger partial charge on any atom is 0.271 e. The first-order valence-electron chi connectivity index (χ1n) is 4.02. The van der Waals surface area contributed by atoms with E-state index in [2.05, 4.69) is 10.4 Å². The Hall–Kier alpha value is -1.32. The van der Waals surface area contributed by atoms with E-state index in [4.69, 9.17) is 0 Å². The van der Waals surface area contributed by atoms with Gasteiger partial charge in [-0.05, 0) is 12.5 Å². The highest BCUT2D eigenvalue weighted by molar-refractivity contribution is 5.92. The van der Waals surface area contributed by atoms with Gasteiger partial charge in [0.1, 0.15) is 5.69 Å². The molecule has 1 aromatic heterocycles. The van der Waals surface area contributed by atoms with Gasteiger partial charge in [0.15, 0.2) is 0 Å². The third-order valence-corrected chi connectivity index (χ3v) is 1.48. The molecule has 4 heteroatoms. The van der Waals surface area contributed by atoms with E-state index in [9.17, 15) is 4.79 Å². The van der Waals surface area contributed by atoms with Gasteiger partial charge < -0.3 is 5.32 Å². The predicted molar refractivity (Wildman–Crippen MR) is 45.8 cm³/mol. The Kier molecular flexibility index (Phi) is 2.85. The minimum absolute atomic E-state index is 0.0996. The van der Waals surface area contributed by atoms with Crippen molar-refractivity contribution in [2.75, 3.05) is 6.54 Å². The average Bonchev–Trinajstić information content (AvgIpc) is 2.47. The van der Waals surface area contributed by atoms with Crippen LogP contribution in [0, 0.1) is 0 Å². The second-order valence-electron chi connectivity index (χ2n) is 2.63. The molecule has 0 aliphatic rings. The van der Waals surface area contributed by atoms with Crippen molar-refractivity contribution in [2.45, 2.75) is 13.3 Å². The van der Waals surface area contributed by atoms with Gasteiger partial charge in [-0.2, -0.15) is 5.10 Å². The highest BCUT2D eigenvalue weighted by Crippen LogP contribution is 1.92. The van der Waals surface area contributed by atoms with E-state index in [1.54, 1.807) is 24.0 Å². The zero-order valence-corrected chi connectivity index (χ0v) is 7.37. The average molecular weight is 167 g/mol. The summed E-state index contributed by atoms with van der Waals surface area (Å²) in [5.74, 6) is -0.0996. The highest BCUT2D eigenvalue weighted by atomic mass is 16.1. The van der Waals surface area contributed by atoms with Crippen LogP contribution in [0.4, 0.5) is 0 Å². The van der Waals surface area contributed by atoms with E-state index in [1.165, 1.54) is 0 Å². The van der Waals surface area contributed by atoms with Gasteiger partial charge in [-0.1, -0.05) is 6.92 Å². The number of hydrogen-bond acceptors (Lipinski definition) is 2. The van der Waals surface area contributed by atoms with E-state index in [1.807, 2.05) is 6.92 Å². The van der Waals surface area contributed by atoms with E-state index in [0.717, 1.165) is 6.42 Å². The zero-order chi connectivity index (χ0) is 8.97. The Morgan fingerprint density at radius 3 is 3.00 bits per heavy atom. The molecule has 0 radical (unpaired) electrons. The maximum absolute atomic E-state index is 11.2. The molecule has 12 heavy (non-hydrogen) atoms. The van der Waals surface area contributed by atoms with Crippen LogP contribution in [0.5, 0.6) is 0 Å². The smallest absolute Gasteiger partial charge is 0.271 e. The number of carbonyl (C=O) groups excluding carboxylic acids is 1. The van der Waals surface area contributed by atoms with E-state index < -0.39 is 0 Å². The summed E-state index contributed by atoms with van der Waals surface area (Å²) in [5.41, 5.74) is 0.478.